The van der Waals surface area contributed by atoms with E-state index in [9.17, 15) is 4.79 Å². The zero-order valence-corrected chi connectivity index (χ0v) is 7.91. The summed E-state index contributed by atoms with van der Waals surface area (Å²) in [5, 5.41) is 0. The highest BCUT2D eigenvalue weighted by molar-refractivity contribution is 5.76. The zero-order chi connectivity index (χ0) is 9.68. The molecule has 1 aliphatic rings. The predicted octanol–water partition coefficient (Wildman–Crippen LogP) is 0.793. The van der Waals surface area contributed by atoms with E-state index in [0.29, 0.717) is 12.5 Å². The van der Waals surface area contributed by atoms with Crippen LogP contribution in [0.15, 0.2) is 12.2 Å². The largest absolute Gasteiger partial charge is 0.369 e. The number of amides is 1. The lowest BCUT2D eigenvalue weighted by Gasteiger charge is -2.19. The van der Waals surface area contributed by atoms with Gasteiger partial charge < -0.3 is 11.5 Å². The van der Waals surface area contributed by atoms with E-state index in [2.05, 4.69) is 12.2 Å². The molecule has 1 rings (SSSR count). The van der Waals surface area contributed by atoms with Crippen molar-refractivity contribution >= 4 is 5.91 Å². The van der Waals surface area contributed by atoms with Crippen LogP contribution in [-0.4, -0.2) is 12.5 Å². The molecule has 3 nitrogen and oxygen atoms in total. The molecule has 0 spiro atoms. The van der Waals surface area contributed by atoms with E-state index in [0.717, 1.165) is 25.7 Å². The van der Waals surface area contributed by atoms with Gasteiger partial charge in [-0.1, -0.05) is 12.2 Å². The molecule has 1 aliphatic carbocycles. The molecule has 2 atom stereocenters. The molecule has 0 bridgehead atoms. The Morgan fingerprint density at radius 3 is 2.92 bits per heavy atom. The van der Waals surface area contributed by atoms with Crippen LogP contribution in [0.4, 0.5) is 0 Å². The maximum atomic E-state index is 11.0. The summed E-state index contributed by atoms with van der Waals surface area (Å²) in [6.07, 6.45) is 8.12. The Balaban J connectivity index is 2.57. The van der Waals surface area contributed by atoms with Gasteiger partial charge >= 0.3 is 0 Å². The van der Waals surface area contributed by atoms with Crippen LogP contribution in [-0.2, 0) is 4.79 Å². The van der Waals surface area contributed by atoms with Crippen LogP contribution in [0.1, 0.15) is 25.7 Å². The summed E-state index contributed by atoms with van der Waals surface area (Å²) in [7, 11) is 0. The molecule has 0 aromatic rings. The van der Waals surface area contributed by atoms with Crippen LogP contribution in [0.25, 0.3) is 0 Å². The predicted molar refractivity (Wildman–Crippen MR) is 52.8 cm³/mol. The fourth-order valence-electron chi connectivity index (χ4n) is 1.77. The van der Waals surface area contributed by atoms with E-state index in [1.165, 1.54) is 0 Å². The Bertz CT molecular complexity index is 201. The van der Waals surface area contributed by atoms with Crippen molar-refractivity contribution in [1.82, 2.24) is 0 Å². The van der Waals surface area contributed by atoms with Gasteiger partial charge in [0, 0.05) is 5.92 Å². The number of carbonyl (C=O) groups is 1. The molecule has 4 N–H and O–H groups in total. The summed E-state index contributed by atoms with van der Waals surface area (Å²) in [4.78, 5) is 11.0. The molecule has 2 unspecified atom stereocenters. The highest BCUT2D eigenvalue weighted by Crippen LogP contribution is 2.21. The second kappa shape index (κ2) is 5.02. The number of rotatable bonds is 2. The van der Waals surface area contributed by atoms with E-state index >= 15 is 0 Å². The number of nitrogens with two attached hydrogens (primary N) is 2. The molecule has 0 fully saturated rings. The Labute approximate surface area is 79.2 Å². The van der Waals surface area contributed by atoms with Crippen molar-refractivity contribution in [3.8, 4) is 0 Å². The number of allylic oxidation sites excluding steroid dienone is 1. The molecule has 0 aliphatic heterocycles. The molecule has 0 aromatic heterocycles. The first-order chi connectivity index (χ1) is 6.24. The topological polar surface area (TPSA) is 69.1 Å². The van der Waals surface area contributed by atoms with Crippen LogP contribution in [0.2, 0.25) is 0 Å². The molecular weight excluding hydrogens is 164 g/mol. The Morgan fingerprint density at radius 2 is 2.31 bits per heavy atom. The summed E-state index contributed by atoms with van der Waals surface area (Å²) in [5.41, 5.74) is 10.9. The molecule has 1 amide bonds. The second-order valence-electron chi connectivity index (χ2n) is 3.69. The van der Waals surface area contributed by atoms with Crippen LogP contribution in [0.3, 0.4) is 0 Å². The summed E-state index contributed by atoms with van der Waals surface area (Å²) in [5.74, 6) is 0.185. The highest BCUT2D eigenvalue weighted by Gasteiger charge is 2.19. The molecule has 0 heterocycles. The van der Waals surface area contributed by atoms with Crippen molar-refractivity contribution in [3.63, 3.8) is 0 Å². The standard InChI is InChI=1S/C10H18N2O/c11-7-8-4-2-1-3-5-9(6-8)10(12)13/h2,4,8-9H,1,3,5-7,11H2,(H2,12,13)/b4-2+. The van der Waals surface area contributed by atoms with E-state index in [4.69, 9.17) is 11.5 Å². The molecule has 0 radical (unpaired) electrons. The first-order valence-corrected chi connectivity index (χ1v) is 4.90. The number of carbonyl (C=O) groups excluding carboxylic acids is 1. The van der Waals surface area contributed by atoms with Crippen molar-refractivity contribution in [2.75, 3.05) is 6.54 Å². The lowest BCUT2D eigenvalue weighted by atomic mass is 9.87. The van der Waals surface area contributed by atoms with Gasteiger partial charge in [-0.25, -0.2) is 0 Å². The highest BCUT2D eigenvalue weighted by atomic mass is 16.1. The maximum absolute atomic E-state index is 11.0. The van der Waals surface area contributed by atoms with E-state index < -0.39 is 0 Å². The monoisotopic (exact) mass is 182 g/mol. The summed E-state index contributed by atoms with van der Waals surface area (Å²) >= 11 is 0. The minimum atomic E-state index is -0.172. The SMILES string of the molecule is NCC1/C=C/CCCC(C(N)=O)C1. The first kappa shape index (κ1) is 10.3. The number of hydrogen-bond donors (Lipinski definition) is 2. The fraction of sp³-hybridized carbons (Fsp3) is 0.700. The molecule has 0 saturated heterocycles. The molecule has 0 aromatic carbocycles. The van der Waals surface area contributed by atoms with Gasteiger partial charge in [0.15, 0.2) is 0 Å². The smallest absolute Gasteiger partial charge is 0.220 e. The van der Waals surface area contributed by atoms with Gasteiger partial charge in [0.05, 0.1) is 0 Å². The van der Waals surface area contributed by atoms with Gasteiger partial charge in [-0.05, 0) is 38.1 Å². The second-order valence-corrected chi connectivity index (χ2v) is 3.69. The van der Waals surface area contributed by atoms with Crippen molar-refractivity contribution in [1.29, 1.82) is 0 Å². The van der Waals surface area contributed by atoms with Crippen molar-refractivity contribution < 1.29 is 4.79 Å². The van der Waals surface area contributed by atoms with Crippen molar-refractivity contribution in [2.24, 2.45) is 23.3 Å². The van der Waals surface area contributed by atoms with Crippen molar-refractivity contribution in [3.05, 3.63) is 12.2 Å². The van der Waals surface area contributed by atoms with Crippen LogP contribution in [0.5, 0.6) is 0 Å². The Morgan fingerprint density at radius 1 is 1.54 bits per heavy atom. The fourth-order valence-corrected chi connectivity index (χ4v) is 1.77. The van der Waals surface area contributed by atoms with Gasteiger partial charge in [-0.2, -0.15) is 0 Å². The van der Waals surface area contributed by atoms with Crippen LogP contribution in [0, 0.1) is 11.8 Å². The number of hydrogen-bond acceptors (Lipinski definition) is 2. The minimum Gasteiger partial charge on any atom is -0.369 e. The lowest BCUT2D eigenvalue weighted by Crippen LogP contribution is -2.27. The van der Waals surface area contributed by atoms with Crippen LogP contribution < -0.4 is 11.5 Å². The quantitative estimate of drug-likeness (QED) is 0.620. The third-order valence-electron chi connectivity index (χ3n) is 2.62. The minimum absolute atomic E-state index is 0.0264. The maximum Gasteiger partial charge on any atom is 0.220 e. The third-order valence-corrected chi connectivity index (χ3v) is 2.62. The molecule has 3 heteroatoms. The average Bonchev–Trinajstić information content (AvgIpc) is 2.03. The van der Waals surface area contributed by atoms with Gasteiger partial charge in [0.25, 0.3) is 0 Å². The van der Waals surface area contributed by atoms with Crippen LogP contribution >= 0.6 is 0 Å². The molecular formula is C10H18N2O. The van der Waals surface area contributed by atoms with Gasteiger partial charge in [-0.3, -0.25) is 4.79 Å². The average molecular weight is 182 g/mol. The first-order valence-electron chi connectivity index (χ1n) is 4.90. The van der Waals surface area contributed by atoms with Gasteiger partial charge in [0.2, 0.25) is 5.91 Å². The third kappa shape index (κ3) is 3.19. The van der Waals surface area contributed by atoms with E-state index in [1.54, 1.807) is 0 Å². The Hall–Kier alpha value is -0.830. The molecule has 13 heavy (non-hydrogen) atoms. The molecule has 74 valence electrons. The summed E-state index contributed by atoms with van der Waals surface area (Å²) < 4.78 is 0. The van der Waals surface area contributed by atoms with E-state index in [1.807, 2.05) is 0 Å². The lowest BCUT2D eigenvalue weighted by molar-refractivity contribution is -0.122. The van der Waals surface area contributed by atoms with Gasteiger partial charge in [-0.15, -0.1) is 0 Å². The summed E-state index contributed by atoms with van der Waals surface area (Å²) in [6.45, 7) is 0.611. The van der Waals surface area contributed by atoms with Crippen molar-refractivity contribution in [2.45, 2.75) is 25.7 Å². The summed E-state index contributed by atoms with van der Waals surface area (Å²) in [6, 6.07) is 0. The molecule has 0 saturated carbocycles. The Kier molecular flexibility index (Phi) is 3.96. The van der Waals surface area contributed by atoms with E-state index in [-0.39, 0.29) is 11.8 Å². The zero-order valence-electron chi connectivity index (χ0n) is 7.91. The number of primary amides is 1. The van der Waals surface area contributed by atoms with Gasteiger partial charge in [0.1, 0.15) is 0 Å². The normalized spacial score (nSPS) is 31.8.